The molecule has 0 unspecified atom stereocenters. The van der Waals surface area contributed by atoms with E-state index in [1.807, 2.05) is 42.5 Å². The molecule has 0 amide bonds. The van der Waals surface area contributed by atoms with Crippen LogP contribution in [0.5, 0.6) is 0 Å². The zero-order chi connectivity index (χ0) is 17.5. The van der Waals surface area contributed by atoms with E-state index in [0.717, 1.165) is 26.1 Å². The second-order valence-electron chi connectivity index (χ2n) is 5.86. The SMILES string of the molecule is O=C(c1ccccc1)c1ccc(-c2nc3ccc4ncccc4c3s2)o1. The number of thiazole rings is 1. The lowest BCUT2D eigenvalue weighted by Gasteiger charge is -1.96. The first-order valence-corrected chi connectivity index (χ1v) is 8.95. The molecule has 5 aromatic rings. The van der Waals surface area contributed by atoms with Gasteiger partial charge in [0, 0.05) is 17.1 Å². The summed E-state index contributed by atoms with van der Waals surface area (Å²) in [5.74, 6) is 0.784. The molecule has 0 saturated heterocycles. The fraction of sp³-hybridized carbons (Fsp3) is 0. The quantitative estimate of drug-likeness (QED) is 0.410. The molecule has 0 radical (unpaired) electrons. The van der Waals surface area contributed by atoms with Crippen LogP contribution in [0.2, 0.25) is 0 Å². The monoisotopic (exact) mass is 356 g/mol. The zero-order valence-corrected chi connectivity index (χ0v) is 14.4. The van der Waals surface area contributed by atoms with Crippen molar-refractivity contribution in [1.82, 2.24) is 9.97 Å². The Morgan fingerprint density at radius 2 is 1.73 bits per heavy atom. The van der Waals surface area contributed by atoms with Gasteiger partial charge >= 0.3 is 0 Å². The van der Waals surface area contributed by atoms with Gasteiger partial charge in [0.2, 0.25) is 5.78 Å². The molecule has 0 aliphatic rings. The molecule has 0 saturated carbocycles. The van der Waals surface area contributed by atoms with Gasteiger partial charge in [-0.05, 0) is 36.4 Å². The minimum atomic E-state index is -0.132. The molecule has 0 bridgehead atoms. The van der Waals surface area contributed by atoms with Crippen molar-refractivity contribution in [3.05, 3.63) is 84.3 Å². The highest BCUT2D eigenvalue weighted by atomic mass is 32.1. The number of pyridine rings is 1. The van der Waals surface area contributed by atoms with Crippen LogP contribution in [0.3, 0.4) is 0 Å². The molecule has 0 aliphatic carbocycles. The summed E-state index contributed by atoms with van der Waals surface area (Å²) in [6, 6.07) is 20.5. The van der Waals surface area contributed by atoms with Crippen LogP contribution in [0.15, 0.2) is 77.3 Å². The number of aromatic nitrogens is 2. The second kappa shape index (κ2) is 5.89. The van der Waals surface area contributed by atoms with Gasteiger partial charge in [-0.3, -0.25) is 9.78 Å². The molecule has 0 aliphatic heterocycles. The molecule has 4 nitrogen and oxygen atoms in total. The Hall–Kier alpha value is -3.31. The highest BCUT2D eigenvalue weighted by molar-refractivity contribution is 7.22. The summed E-state index contributed by atoms with van der Waals surface area (Å²) in [6.07, 6.45) is 1.78. The third-order valence-electron chi connectivity index (χ3n) is 4.21. The molecular weight excluding hydrogens is 344 g/mol. The molecule has 0 spiro atoms. The number of fused-ring (bicyclic) bond motifs is 3. The van der Waals surface area contributed by atoms with Crippen LogP contribution < -0.4 is 0 Å². The fourth-order valence-electron chi connectivity index (χ4n) is 2.95. The molecule has 5 rings (SSSR count). The molecule has 3 aromatic heterocycles. The average molecular weight is 356 g/mol. The van der Waals surface area contributed by atoms with Gasteiger partial charge in [-0.1, -0.05) is 30.3 Å². The van der Waals surface area contributed by atoms with Gasteiger partial charge < -0.3 is 4.42 Å². The van der Waals surface area contributed by atoms with E-state index in [2.05, 4.69) is 9.97 Å². The Bertz CT molecular complexity index is 1250. The van der Waals surface area contributed by atoms with Crippen LogP contribution in [0.25, 0.3) is 31.9 Å². The Morgan fingerprint density at radius 3 is 2.62 bits per heavy atom. The normalized spacial score (nSPS) is 11.2. The molecule has 26 heavy (non-hydrogen) atoms. The Kier molecular flexibility index (Phi) is 3.40. The van der Waals surface area contributed by atoms with Crippen LogP contribution in [-0.4, -0.2) is 15.8 Å². The summed E-state index contributed by atoms with van der Waals surface area (Å²) in [5, 5.41) is 1.82. The maximum atomic E-state index is 12.5. The van der Waals surface area contributed by atoms with Crippen molar-refractivity contribution in [1.29, 1.82) is 0 Å². The van der Waals surface area contributed by atoms with Gasteiger partial charge in [-0.25, -0.2) is 4.98 Å². The van der Waals surface area contributed by atoms with Crippen molar-refractivity contribution in [2.45, 2.75) is 0 Å². The summed E-state index contributed by atoms with van der Waals surface area (Å²) < 4.78 is 6.88. The number of benzene rings is 2. The first-order valence-electron chi connectivity index (χ1n) is 8.14. The Labute approximate surface area is 152 Å². The van der Waals surface area contributed by atoms with E-state index in [4.69, 9.17) is 4.42 Å². The van der Waals surface area contributed by atoms with Crippen LogP contribution in [0.4, 0.5) is 0 Å². The molecule has 2 aromatic carbocycles. The number of rotatable bonds is 3. The number of hydrogen-bond acceptors (Lipinski definition) is 5. The first kappa shape index (κ1) is 15.0. The Balaban J connectivity index is 1.58. The van der Waals surface area contributed by atoms with E-state index in [0.29, 0.717) is 17.1 Å². The minimum absolute atomic E-state index is 0.132. The van der Waals surface area contributed by atoms with E-state index in [1.165, 1.54) is 0 Å². The Morgan fingerprint density at radius 1 is 0.885 bits per heavy atom. The summed E-state index contributed by atoms with van der Waals surface area (Å²) >= 11 is 1.54. The number of nitrogens with zero attached hydrogens (tertiary/aromatic N) is 2. The summed E-state index contributed by atoms with van der Waals surface area (Å²) in [4.78, 5) is 21.6. The number of carbonyl (C=O) groups is 1. The third-order valence-corrected chi connectivity index (χ3v) is 5.33. The van der Waals surface area contributed by atoms with Crippen molar-refractivity contribution in [3.63, 3.8) is 0 Å². The van der Waals surface area contributed by atoms with Crippen molar-refractivity contribution >= 4 is 38.2 Å². The average Bonchev–Trinajstić information content (AvgIpc) is 3.35. The van der Waals surface area contributed by atoms with Crippen LogP contribution >= 0.6 is 11.3 Å². The smallest absolute Gasteiger partial charge is 0.228 e. The third kappa shape index (κ3) is 2.41. The maximum Gasteiger partial charge on any atom is 0.228 e. The lowest BCUT2D eigenvalue weighted by molar-refractivity contribution is 0.101. The standard InChI is InChI=1S/C21H12N2O2S/c24-19(13-5-2-1-3-6-13)17-10-11-18(25-17)21-23-16-9-8-15-14(20(16)26-21)7-4-12-22-15/h1-12H. The van der Waals surface area contributed by atoms with E-state index in [9.17, 15) is 4.79 Å². The molecule has 3 heterocycles. The molecule has 0 atom stereocenters. The van der Waals surface area contributed by atoms with E-state index >= 15 is 0 Å². The second-order valence-corrected chi connectivity index (χ2v) is 6.86. The molecule has 5 heteroatoms. The number of hydrogen-bond donors (Lipinski definition) is 0. The van der Waals surface area contributed by atoms with Crippen molar-refractivity contribution < 1.29 is 9.21 Å². The van der Waals surface area contributed by atoms with Gasteiger partial charge in [0.1, 0.15) is 0 Å². The van der Waals surface area contributed by atoms with Crippen LogP contribution in [0, 0.1) is 0 Å². The van der Waals surface area contributed by atoms with Gasteiger partial charge in [-0.15, -0.1) is 11.3 Å². The van der Waals surface area contributed by atoms with E-state index in [1.54, 1.807) is 41.8 Å². The number of carbonyl (C=O) groups excluding carboxylic acids is 1. The predicted molar refractivity (Wildman–Crippen MR) is 102 cm³/mol. The molecule has 124 valence electrons. The molecule has 0 fully saturated rings. The van der Waals surface area contributed by atoms with Gasteiger partial charge in [0.15, 0.2) is 16.5 Å². The largest absolute Gasteiger partial charge is 0.450 e. The van der Waals surface area contributed by atoms with Gasteiger partial charge in [-0.2, -0.15) is 0 Å². The number of ketones is 1. The van der Waals surface area contributed by atoms with Crippen molar-refractivity contribution in [3.8, 4) is 10.8 Å². The fourth-order valence-corrected chi connectivity index (χ4v) is 4.00. The zero-order valence-electron chi connectivity index (χ0n) is 13.5. The predicted octanol–water partition coefficient (Wildman–Crippen LogP) is 5.34. The highest BCUT2D eigenvalue weighted by Crippen LogP contribution is 2.35. The molecular formula is C21H12N2O2S. The van der Waals surface area contributed by atoms with Gasteiger partial charge in [0.05, 0.1) is 15.7 Å². The van der Waals surface area contributed by atoms with Crippen molar-refractivity contribution in [2.75, 3.05) is 0 Å². The molecule has 0 N–H and O–H groups in total. The van der Waals surface area contributed by atoms with Gasteiger partial charge in [0.25, 0.3) is 0 Å². The summed E-state index contributed by atoms with van der Waals surface area (Å²) in [7, 11) is 0. The lowest BCUT2D eigenvalue weighted by atomic mass is 10.1. The lowest BCUT2D eigenvalue weighted by Crippen LogP contribution is -1.98. The summed E-state index contributed by atoms with van der Waals surface area (Å²) in [5.41, 5.74) is 2.45. The maximum absolute atomic E-state index is 12.5. The minimum Gasteiger partial charge on any atom is -0.450 e. The van der Waals surface area contributed by atoms with E-state index < -0.39 is 0 Å². The number of furan rings is 1. The summed E-state index contributed by atoms with van der Waals surface area (Å²) in [6.45, 7) is 0. The van der Waals surface area contributed by atoms with Crippen LogP contribution in [0.1, 0.15) is 16.1 Å². The van der Waals surface area contributed by atoms with Crippen molar-refractivity contribution in [2.24, 2.45) is 0 Å². The van der Waals surface area contributed by atoms with Crippen LogP contribution in [-0.2, 0) is 0 Å². The highest BCUT2D eigenvalue weighted by Gasteiger charge is 2.17. The first-order chi connectivity index (χ1) is 12.8. The van der Waals surface area contributed by atoms with E-state index in [-0.39, 0.29) is 5.78 Å². The topological polar surface area (TPSA) is 56.0 Å².